The van der Waals surface area contributed by atoms with Crippen molar-refractivity contribution in [2.45, 2.75) is 35.4 Å². The van der Waals surface area contributed by atoms with Crippen LogP contribution in [0.3, 0.4) is 0 Å². The maximum absolute atomic E-state index is 9.96. The molecule has 2 rings (SSSR count). The van der Waals surface area contributed by atoms with E-state index >= 15 is 0 Å². The summed E-state index contributed by atoms with van der Waals surface area (Å²) in [5, 5.41) is 37.4. The molecule has 1 aromatic carbocycles. The number of hydrogen-bond donors (Lipinski definition) is 5. The second kappa shape index (κ2) is 7.24. The number of rotatable bonds is 4. The number of amidine groups is 1. The average molecular weight is 312 g/mol. The largest absolute Gasteiger partial charge is 0.395 e. The lowest BCUT2D eigenvalue weighted by Gasteiger charge is -2.37. The predicted octanol–water partition coefficient (Wildman–Crippen LogP) is -0.897. The van der Waals surface area contributed by atoms with Crippen molar-refractivity contribution in [3.05, 3.63) is 35.9 Å². The van der Waals surface area contributed by atoms with Crippen LogP contribution >= 0.6 is 11.8 Å². The summed E-state index contributed by atoms with van der Waals surface area (Å²) in [6.45, 7) is -0.305. The Labute approximate surface area is 127 Å². The fourth-order valence-electron chi connectivity index (χ4n) is 2.20. The first-order valence-electron chi connectivity index (χ1n) is 6.69. The molecule has 0 aromatic heterocycles. The van der Waals surface area contributed by atoms with Crippen LogP contribution < -0.4 is 5.73 Å². The lowest BCUT2D eigenvalue weighted by molar-refractivity contribution is -0.0688. The molecule has 1 fully saturated rings. The number of nitrogens with two attached hydrogens (primary N) is 1. The molecule has 0 bridgehead atoms. The second-order valence-corrected chi connectivity index (χ2v) is 6.36. The molecule has 1 saturated heterocycles. The van der Waals surface area contributed by atoms with Gasteiger partial charge < -0.3 is 26.2 Å². The highest BCUT2D eigenvalue weighted by Gasteiger charge is 2.43. The van der Waals surface area contributed by atoms with Crippen LogP contribution in [-0.4, -0.2) is 61.8 Å². The molecule has 6 N–H and O–H groups in total. The molecule has 0 spiro atoms. The molecule has 1 aliphatic rings. The minimum atomic E-state index is -1.35. The lowest BCUT2D eigenvalue weighted by Crippen LogP contribution is -2.53. The fourth-order valence-corrected chi connectivity index (χ4v) is 3.49. The van der Waals surface area contributed by atoms with Gasteiger partial charge in [0.25, 0.3) is 0 Å². The summed E-state index contributed by atoms with van der Waals surface area (Å²) >= 11 is 1.11. The van der Waals surface area contributed by atoms with Gasteiger partial charge >= 0.3 is 0 Å². The van der Waals surface area contributed by atoms with E-state index in [2.05, 4.69) is 4.99 Å². The first-order chi connectivity index (χ1) is 10.0. The number of benzene rings is 1. The van der Waals surface area contributed by atoms with E-state index in [1.54, 1.807) is 0 Å². The van der Waals surface area contributed by atoms with E-state index in [0.717, 1.165) is 17.3 Å². The minimum absolute atomic E-state index is 0.305. The van der Waals surface area contributed by atoms with E-state index < -0.39 is 28.9 Å². The van der Waals surface area contributed by atoms with E-state index in [1.807, 2.05) is 30.3 Å². The van der Waals surface area contributed by atoms with Crippen molar-refractivity contribution in [2.75, 3.05) is 6.61 Å². The Kier molecular flexibility index (Phi) is 5.60. The van der Waals surface area contributed by atoms with Crippen LogP contribution in [0.2, 0.25) is 0 Å². The van der Waals surface area contributed by atoms with Crippen molar-refractivity contribution in [3.8, 4) is 0 Å². The van der Waals surface area contributed by atoms with Gasteiger partial charge in [-0.3, -0.25) is 4.99 Å². The highest BCUT2D eigenvalue weighted by atomic mass is 32.2. The van der Waals surface area contributed by atoms with Gasteiger partial charge in [0.2, 0.25) is 0 Å². The number of hydrogen-bond acceptors (Lipinski definition) is 6. The molecule has 0 unspecified atom stereocenters. The van der Waals surface area contributed by atoms with Crippen molar-refractivity contribution in [3.63, 3.8) is 0 Å². The third-order valence-electron chi connectivity index (χ3n) is 3.39. The topological polar surface area (TPSA) is 119 Å². The third-order valence-corrected chi connectivity index (χ3v) is 4.83. The van der Waals surface area contributed by atoms with E-state index in [0.29, 0.717) is 12.3 Å². The Morgan fingerprint density at radius 1 is 1.10 bits per heavy atom. The number of thioether (sulfide) groups is 1. The second-order valence-electron chi connectivity index (χ2n) is 5.00. The van der Waals surface area contributed by atoms with E-state index in [4.69, 9.17) is 5.73 Å². The van der Waals surface area contributed by atoms with Gasteiger partial charge in [0.15, 0.2) is 0 Å². The molecule has 116 valence electrons. The van der Waals surface area contributed by atoms with Crippen molar-refractivity contribution in [1.29, 1.82) is 0 Å². The smallest absolute Gasteiger partial charge is 0.126 e. The quantitative estimate of drug-likeness (QED) is 0.363. The zero-order valence-corrected chi connectivity index (χ0v) is 12.2. The van der Waals surface area contributed by atoms with Crippen molar-refractivity contribution in [1.82, 2.24) is 0 Å². The molecule has 1 heterocycles. The van der Waals surface area contributed by atoms with E-state index in [9.17, 15) is 20.4 Å². The normalized spacial score (nSPS) is 33.9. The Balaban J connectivity index is 2.07. The summed E-state index contributed by atoms with van der Waals surface area (Å²) in [5.74, 6) is 0.332. The molecule has 6 nitrogen and oxygen atoms in total. The Hall–Kier alpha value is -1.12. The van der Waals surface area contributed by atoms with Gasteiger partial charge in [-0.1, -0.05) is 30.3 Å². The number of aliphatic imine (C=N–C) groups is 1. The predicted molar refractivity (Wildman–Crippen MR) is 82.0 cm³/mol. The molecule has 1 aromatic rings. The van der Waals surface area contributed by atoms with Crippen LogP contribution in [0.15, 0.2) is 35.3 Å². The Morgan fingerprint density at radius 3 is 2.38 bits per heavy atom. The maximum atomic E-state index is 9.96. The van der Waals surface area contributed by atoms with Gasteiger partial charge in [-0.05, 0) is 5.56 Å². The van der Waals surface area contributed by atoms with Crippen molar-refractivity contribution < 1.29 is 20.4 Å². The highest BCUT2D eigenvalue weighted by Crippen LogP contribution is 2.33. The Morgan fingerprint density at radius 2 is 1.76 bits per heavy atom. The SMILES string of the molecule is NC(Cc1ccccc1)=N[C@H]1S[C@H](CO)[C@@H](O)[C@H](O)[C@@H]1O. The maximum Gasteiger partial charge on any atom is 0.126 e. The van der Waals surface area contributed by atoms with Crippen LogP contribution in [0.1, 0.15) is 5.56 Å². The summed E-state index contributed by atoms with van der Waals surface area (Å²) in [5.41, 5.74) is 6.88. The molecular weight excluding hydrogens is 292 g/mol. The van der Waals surface area contributed by atoms with Gasteiger partial charge in [0, 0.05) is 6.42 Å². The van der Waals surface area contributed by atoms with Crippen LogP contribution in [0.25, 0.3) is 0 Å². The van der Waals surface area contributed by atoms with Gasteiger partial charge in [0.05, 0.1) is 23.8 Å². The van der Waals surface area contributed by atoms with E-state index in [-0.39, 0.29) is 6.61 Å². The van der Waals surface area contributed by atoms with Gasteiger partial charge in [0.1, 0.15) is 17.6 Å². The molecule has 0 saturated carbocycles. The number of aliphatic hydroxyl groups is 4. The van der Waals surface area contributed by atoms with Crippen LogP contribution in [-0.2, 0) is 6.42 Å². The molecule has 7 heteroatoms. The molecule has 1 aliphatic heterocycles. The van der Waals surface area contributed by atoms with Gasteiger partial charge in [-0.25, -0.2) is 0 Å². The first kappa shape index (κ1) is 16.3. The van der Waals surface area contributed by atoms with Crippen LogP contribution in [0, 0.1) is 0 Å². The highest BCUT2D eigenvalue weighted by molar-refractivity contribution is 8.00. The molecule has 5 atom stereocenters. The standard InChI is InChI=1S/C14H20N2O4S/c15-10(6-8-4-2-1-3-5-8)16-14-13(20)12(19)11(18)9(7-17)21-14/h1-5,9,11-14,17-20H,6-7H2,(H2,15,16)/t9-,11-,12+,13+,14+/m1/s1. The zero-order valence-electron chi connectivity index (χ0n) is 11.4. The van der Waals surface area contributed by atoms with Gasteiger partial charge in [-0.2, -0.15) is 0 Å². The minimum Gasteiger partial charge on any atom is -0.395 e. The number of nitrogens with zero attached hydrogens (tertiary/aromatic N) is 1. The van der Waals surface area contributed by atoms with Crippen LogP contribution in [0.5, 0.6) is 0 Å². The molecule has 0 radical (unpaired) electrons. The first-order valence-corrected chi connectivity index (χ1v) is 7.63. The zero-order chi connectivity index (χ0) is 15.4. The van der Waals surface area contributed by atoms with E-state index in [1.165, 1.54) is 0 Å². The Bertz CT molecular complexity index is 483. The third kappa shape index (κ3) is 3.96. The summed E-state index contributed by atoms with van der Waals surface area (Å²) in [4.78, 5) is 4.22. The van der Waals surface area contributed by atoms with Crippen LogP contribution in [0.4, 0.5) is 0 Å². The molecule has 21 heavy (non-hydrogen) atoms. The summed E-state index contributed by atoms with van der Waals surface area (Å²) < 4.78 is 0. The number of aliphatic hydroxyl groups excluding tert-OH is 4. The summed E-state index contributed by atoms with van der Waals surface area (Å²) in [6, 6.07) is 9.54. The monoisotopic (exact) mass is 312 g/mol. The summed E-state index contributed by atoms with van der Waals surface area (Å²) in [7, 11) is 0. The lowest BCUT2D eigenvalue weighted by atomic mass is 10.0. The fraction of sp³-hybridized carbons (Fsp3) is 0.500. The average Bonchev–Trinajstić information content (AvgIpc) is 2.49. The molecule has 0 aliphatic carbocycles. The van der Waals surface area contributed by atoms with Crippen molar-refractivity contribution >= 4 is 17.6 Å². The molecule has 0 amide bonds. The van der Waals surface area contributed by atoms with Crippen molar-refractivity contribution in [2.24, 2.45) is 10.7 Å². The molecular formula is C14H20N2O4S. The summed E-state index contributed by atoms with van der Waals surface area (Å²) in [6.07, 6.45) is -3.31. The van der Waals surface area contributed by atoms with Gasteiger partial charge in [-0.15, -0.1) is 11.8 Å².